The van der Waals surface area contributed by atoms with Gasteiger partial charge in [-0.2, -0.15) is 4.31 Å². The number of anilines is 1. The number of rotatable bonds is 9. The van der Waals surface area contributed by atoms with Gasteiger partial charge in [0.15, 0.2) is 0 Å². The van der Waals surface area contributed by atoms with Crippen LogP contribution in [0.25, 0.3) is 0 Å². The van der Waals surface area contributed by atoms with Crippen molar-refractivity contribution in [3.63, 3.8) is 0 Å². The minimum absolute atomic E-state index is 0.245. The number of nitrogens with zero attached hydrogens (tertiary/aromatic N) is 1. The van der Waals surface area contributed by atoms with E-state index in [1.165, 1.54) is 0 Å². The van der Waals surface area contributed by atoms with Gasteiger partial charge in [0.2, 0.25) is 15.9 Å². The van der Waals surface area contributed by atoms with Crippen molar-refractivity contribution < 1.29 is 22.7 Å². The maximum absolute atomic E-state index is 12.1. The highest BCUT2D eigenvalue weighted by atomic mass is 32.2. The number of nitrogens with one attached hydrogen (secondary N) is 1. The molecule has 0 bridgehead atoms. The molecule has 0 aliphatic carbocycles. The SMILES string of the molecule is CCOC(=O)c1ccc(NC(=O)CN(CCC(C)C)S(C)(=O)=O)cc1. The highest BCUT2D eigenvalue weighted by Gasteiger charge is 2.20. The number of ether oxygens (including phenoxy) is 1. The fourth-order valence-corrected chi connectivity index (χ4v) is 2.82. The number of carbonyl (C=O) groups is 2. The molecule has 0 heterocycles. The van der Waals surface area contributed by atoms with Gasteiger partial charge in [-0.25, -0.2) is 13.2 Å². The van der Waals surface area contributed by atoms with Crippen LogP contribution in [0, 0.1) is 5.92 Å². The Morgan fingerprint density at radius 2 is 1.80 bits per heavy atom. The predicted octanol–water partition coefficient (Wildman–Crippen LogP) is 2.11. The molecule has 0 saturated carbocycles. The van der Waals surface area contributed by atoms with E-state index in [0.29, 0.717) is 30.1 Å². The largest absolute Gasteiger partial charge is 0.462 e. The molecule has 0 unspecified atom stereocenters. The van der Waals surface area contributed by atoms with Gasteiger partial charge in [-0.05, 0) is 43.5 Å². The lowest BCUT2D eigenvalue weighted by molar-refractivity contribution is -0.116. The summed E-state index contributed by atoms with van der Waals surface area (Å²) in [4.78, 5) is 23.7. The normalized spacial score (nSPS) is 11.6. The number of sulfonamides is 1. The van der Waals surface area contributed by atoms with Crippen LogP contribution in [0.5, 0.6) is 0 Å². The molecule has 1 amide bonds. The highest BCUT2D eigenvalue weighted by Crippen LogP contribution is 2.12. The minimum Gasteiger partial charge on any atom is -0.462 e. The van der Waals surface area contributed by atoms with Gasteiger partial charge in [0.05, 0.1) is 25.0 Å². The minimum atomic E-state index is -3.46. The molecule has 0 aliphatic heterocycles. The zero-order chi connectivity index (χ0) is 19.0. The molecule has 1 aromatic rings. The number of carbonyl (C=O) groups excluding carboxylic acids is 2. The first-order valence-corrected chi connectivity index (χ1v) is 10.0. The van der Waals surface area contributed by atoms with E-state index < -0.39 is 21.9 Å². The quantitative estimate of drug-likeness (QED) is 0.672. The third-order valence-corrected chi connectivity index (χ3v) is 4.67. The summed E-state index contributed by atoms with van der Waals surface area (Å²) in [6.07, 6.45) is 1.77. The van der Waals surface area contributed by atoms with Gasteiger partial charge in [-0.3, -0.25) is 4.79 Å². The lowest BCUT2D eigenvalue weighted by atomic mass is 10.1. The van der Waals surface area contributed by atoms with E-state index in [-0.39, 0.29) is 13.2 Å². The summed E-state index contributed by atoms with van der Waals surface area (Å²) in [6.45, 7) is 6.04. The van der Waals surface area contributed by atoms with E-state index in [0.717, 1.165) is 10.6 Å². The summed E-state index contributed by atoms with van der Waals surface area (Å²) in [7, 11) is -3.46. The summed E-state index contributed by atoms with van der Waals surface area (Å²) in [6, 6.07) is 6.23. The molecule has 7 nitrogen and oxygen atoms in total. The molecule has 0 aromatic heterocycles. The van der Waals surface area contributed by atoms with Crippen molar-refractivity contribution in [1.29, 1.82) is 0 Å². The van der Waals surface area contributed by atoms with Crippen LogP contribution in [0.15, 0.2) is 24.3 Å². The highest BCUT2D eigenvalue weighted by molar-refractivity contribution is 7.88. The zero-order valence-corrected chi connectivity index (χ0v) is 15.9. The first-order chi connectivity index (χ1) is 11.6. The second kappa shape index (κ2) is 9.53. The smallest absolute Gasteiger partial charge is 0.338 e. The lowest BCUT2D eigenvalue weighted by Crippen LogP contribution is -2.38. The van der Waals surface area contributed by atoms with Crippen molar-refractivity contribution in [3.05, 3.63) is 29.8 Å². The molecule has 1 rings (SSSR count). The third-order valence-electron chi connectivity index (χ3n) is 3.42. The van der Waals surface area contributed by atoms with Crippen molar-refractivity contribution in [1.82, 2.24) is 4.31 Å². The summed E-state index contributed by atoms with van der Waals surface area (Å²) in [5.41, 5.74) is 0.866. The second-order valence-corrected chi connectivity index (χ2v) is 8.11. The van der Waals surface area contributed by atoms with Gasteiger partial charge in [0.1, 0.15) is 0 Å². The molecule has 1 aromatic carbocycles. The molecule has 0 saturated heterocycles. The van der Waals surface area contributed by atoms with Crippen molar-refractivity contribution >= 4 is 27.6 Å². The molecule has 8 heteroatoms. The van der Waals surface area contributed by atoms with Crippen LogP contribution in [-0.2, 0) is 19.6 Å². The standard InChI is InChI=1S/C17H26N2O5S/c1-5-24-17(21)14-6-8-15(9-7-14)18-16(20)12-19(25(4,22)23)11-10-13(2)3/h6-9,13H,5,10-12H2,1-4H3,(H,18,20). The molecule has 0 radical (unpaired) electrons. The molecule has 1 N–H and O–H groups in total. The van der Waals surface area contributed by atoms with Crippen molar-refractivity contribution in [2.45, 2.75) is 27.2 Å². The molecule has 0 aliphatic rings. The Bertz CT molecular complexity index is 683. The van der Waals surface area contributed by atoms with E-state index in [4.69, 9.17) is 4.74 Å². The predicted molar refractivity (Wildman–Crippen MR) is 96.9 cm³/mol. The molecule has 0 fully saturated rings. The molecule has 0 spiro atoms. The van der Waals surface area contributed by atoms with Crippen LogP contribution in [0.2, 0.25) is 0 Å². The van der Waals surface area contributed by atoms with Crippen LogP contribution in [0.3, 0.4) is 0 Å². The van der Waals surface area contributed by atoms with Crippen molar-refractivity contribution in [2.24, 2.45) is 5.92 Å². The van der Waals surface area contributed by atoms with Gasteiger partial charge in [0, 0.05) is 12.2 Å². The maximum atomic E-state index is 12.1. The van der Waals surface area contributed by atoms with Crippen LogP contribution in [0.4, 0.5) is 5.69 Å². The number of esters is 1. The molecular weight excluding hydrogens is 344 g/mol. The molecule has 25 heavy (non-hydrogen) atoms. The van der Waals surface area contributed by atoms with Gasteiger partial charge in [-0.1, -0.05) is 13.8 Å². The number of hydrogen-bond acceptors (Lipinski definition) is 5. The van der Waals surface area contributed by atoms with E-state index in [2.05, 4.69) is 5.32 Å². The van der Waals surface area contributed by atoms with Crippen LogP contribution in [-0.4, -0.2) is 50.6 Å². The van der Waals surface area contributed by atoms with Gasteiger partial charge in [0.25, 0.3) is 0 Å². The third kappa shape index (κ3) is 7.66. The summed E-state index contributed by atoms with van der Waals surface area (Å²) in [5, 5.41) is 2.63. The Labute approximate surface area is 149 Å². The van der Waals surface area contributed by atoms with Crippen molar-refractivity contribution in [3.8, 4) is 0 Å². The lowest BCUT2D eigenvalue weighted by Gasteiger charge is -2.20. The molecule has 140 valence electrons. The number of amides is 1. The zero-order valence-electron chi connectivity index (χ0n) is 15.1. The average Bonchev–Trinajstić information content (AvgIpc) is 2.51. The molecular formula is C17H26N2O5S. The van der Waals surface area contributed by atoms with E-state index in [1.807, 2.05) is 13.8 Å². The topological polar surface area (TPSA) is 92.8 Å². The van der Waals surface area contributed by atoms with E-state index in [1.54, 1.807) is 31.2 Å². The fourth-order valence-electron chi connectivity index (χ4n) is 2.03. The van der Waals surface area contributed by atoms with Crippen LogP contribution < -0.4 is 5.32 Å². The van der Waals surface area contributed by atoms with Crippen molar-refractivity contribution in [2.75, 3.05) is 31.3 Å². The van der Waals surface area contributed by atoms with E-state index in [9.17, 15) is 18.0 Å². The van der Waals surface area contributed by atoms with Crippen LogP contribution in [0.1, 0.15) is 37.6 Å². The van der Waals surface area contributed by atoms with Crippen LogP contribution >= 0.6 is 0 Å². The van der Waals surface area contributed by atoms with Gasteiger partial charge < -0.3 is 10.1 Å². The maximum Gasteiger partial charge on any atom is 0.338 e. The average molecular weight is 370 g/mol. The monoisotopic (exact) mass is 370 g/mol. The van der Waals surface area contributed by atoms with Gasteiger partial charge >= 0.3 is 5.97 Å². The first kappa shape index (κ1) is 21.1. The Morgan fingerprint density at radius 3 is 2.28 bits per heavy atom. The van der Waals surface area contributed by atoms with Gasteiger partial charge in [-0.15, -0.1) is 0 Å². The summed E-state index contributed by atoms with van der Waals surface area (Å²) < 4.78 is 29.7. The second-order valence-electron chi connectivity index (χ2n) is 6.13. The Kier molecular flexibility index (Phi) is 8.05. The fraction of sp³-hybridized carbons (Fsp3) is 0.529. The summed E-state index contributed by atoms with van der Waals surface area (Å²) in [5.74, 6) is -0.530. The Hall–Kier alpha value is -1.93. The number of hydrogen-bond donors (Lipinski definition) is 1. The van der Waals surface area contributed by atoms with E-state index >= 15 is 0 Å². The summed E-state index contributed by atoms with van der Waals surface area (Å²) >= 11 is 0. The first-order valence-electron chi connectivity index (χ1n) is 8.15. The number of benzene rings is 1. The Balaban J connectivity index is 2.69. The molecule has 0 atom stereocenters. The Morgan fingerprint density at radius 1 is 1.20 bits per heavy atom.